The van der Waals surface area contributed by atoms with Gasteiger partial charge in [-0.05, 0) is 35.7 Å². The number of thiophene rings is 1. The van der Waals surface area contributed by atoms with E-state index in [4.69, 9.17) is 5.73 Å². The fourth-order valence-electron chi connectivity index (χ4n) is 2.70. The second-order valence-corrected chi connectivity index (χ2v) is 6.78. The summed E-state index contributed by atoms with van der Waals surface area (Å²) in [5.74, 6) is 0.384. The highest BCUT2D eigenvalue weighted by molar-refractivity contribution is 7.15. The number of rotatable bonds is 3. The number of nitrogens with zero attached hydrogens (tertiary/aromatic N) is 1. The molecule has 20 heavy (non-hydrogen) atoms. The molecule has 1 aromatic carbocycles. The van der Waals surface area contributed by atoms with E-state index in [1.165, 1.54) is 10.9 Å². The first-order valence-corrected chi connectivity index (χ1v) is 7.76. The van der Waals surface area contributed by atoms with Crippen LogP contribution in [0.5, 0.6) is 0 Å². The van der Waals surface area contributed by atoms with Crippen LogP contribution in [-0.4, -0.2) is 24.0 Å². The molecule has 2 heterocycles. The number of hydrogen-bond acceptors (Lipinski definition) is 3. The van der Waals surface area contributed by atoms with Gasteiger partial charge >= 0.3 is 0 Å². The highest BCUT2D eigenvalue weighted by atomic mass is 32.1. The second kappa shape index (κ2) is 5.64. The van der Waals surface area contributed by atoms with E-state index in [0.29, 0.717) is 5.92 Å². The van der Waals surface area contributed by atoms with Gasteiger partial charge in [0.1, 0.15) is 5.82 Å². The zero-order valence-corrected chi connectivity index (χ0v) is 12.4. The molecule has 3 rings (SSSR count). The Morgan fingerprint density at radius 1 is 1.30 bits per heavy atom. The Morgan fingerprint density at radius 2 is 2.15 bits per heavy atom. The molecular weight excluding hydrogens is 271 g/mol. The van der Waals surface area contributed by atoms with E-state index in [2.05, 4.69) is 24.0 Å². The highest BCUT2D eigenvalue weighted by Crippen LogP contribution is 2.30. The molecule has 106 valence electrons. The molecule has 0 bridgehead atoms. The van der Waals surface area contributed by atoms with Crippen molar-refractivity contribution in [3.8, 4) is 10.4 Å². The lowest BCUT2D eigenvalue weighted by atomic mass is 10.1. The Bertz CT molecular complexity index is 586. The zero-order valence-electron chi connectivity index (χ0n) is 11.6. The molecule has 2 nitrogen and oxygen atoms in total. The van der Waals surface area contributed by atoms with Crippen LogP contribution in [0, 0.1) is 11.7 Å². The Balaban J connectivity index is 1.71. The maximum Gasteiger partial charge on any atom is 0.123 e. The first-order chi connectivity index (χ1) is 9.61. The molecule has 0 spiro atoms. The molecule has 0 amide bonds. The van der Waals surface area contributed by atoms with Crippen molar-refractivity contribution in [1.29, 1.82) is 0 Å². The first-order valence-electron chi connectivity index (χ1n) is 6.94. The van der Waals surface area contributed by atoms with Gasteiger partial charge in [0.15, 0.2) is 0 Å². The number of nitrogens with two attached hydrogens (primary N) is 1. The molecule has 0 aliphatic carbocycles. The summed E-state index contributed by atoms with van der Waals surface area (Å²) >= 11 is 1.73. The Labute approximate surface area is 123 Å². The summed E-state index contributed by atoms with van der Waals surface area (Å²) in [7, 11) is 0. The van der Waals surface area contributed by atoms with Crippen LogP contribution in [0.15, 0.2) is 36.4 Å². The molecule has 1 fully saturated rings. The van der Waals surface area contributed by atoms with Crippen molar-refractivity contribution in [1.82, 2.24) is 4.90 Å². The van der Waals surface area contributed by atoms with Gasteiger partial charge in [0, 0.05) is 35.4 Å². The van der Waals surface area contributed by atoms with Crippen molar-refractivity contribution in [3.05, 3.63) is 47.1 Å². The molecule has 1 saturated heterocycles. The third-order valence-electron chi connectivity index (χ3n) is 3.90. The molecular formula is C16H19FN2S. The fraction of sp³-hybridized carbons (Fsp3) is 0.375. The summed E-state index contributed by atoms with van der Waals surface area (Å²) < 4.78 is 13.3. The van der Waals surface area contributed by atoms with Gasteiger partial charge in [-0.1, -0.05) is 19.1 Å². The molecule has 2 N–H and O–H groups in total. The smallest absolute Gasteiger partial charge is 0.123 e. The summed E-state index contributed by atoms with van der Waals surface area (Å²) in [6.07, 6.45) is 0. The lowest BCUT2D eigenvalue weighted by Gasteiger charge is -2.13. The minimum absolute atomic E-state index is 0.184. The van der Waals surface area contributed by atoms with Gasteiger partial charge in [0.05, 0.1) is 0 Å². The molecule has 1 aliphatic rings. The van der Waals surface area contributed by atoms with E-state index >= 15 is 0 Å². The van der Waals surface area contributed by atoms with Crippen molar-refractivity contribution in [2.75, 3.05) is 13.1 Å². The minimum Gasteiger partial charge on any atom is -0.326 e. The Morgan fingerprint density at radius 3 is 2.85 bits per heavy atom. The van der Waals surface area contributed by atoms with Gasteiger partial charge in [0.25, 0.3) is 0 Å². The fourth-order valence-corrected chi connectivity index (χ4v) is 3.75. The van der Waals surface area contributed by atoms with Gasteiger partial charge in [-0.15, -0.1) is 11.3 Å². The molecule has 1 aliphatic heterocycles. The van der Waals surface area contributed by atoms with Gasteiger partial charge < -0.3 is 5.73 Å². The highest BCUT2D eigenvalue weighted by Gasteiger charge is 2.26. The number of halogens is 1. The second-order valence-electron chi connectivity index (χ2n) is 5.61. The van der Waals surface area contributed by atoms with E-state index < -0.39 is 0 Å². The van der Waals surface area contributed by atoms with Crippen LogP contribution >= 0.6 is 11.3 Å². The molecule has 2 unspecified atom stereocenters. The predicted octanol–water partition coefficient (Wildman–Crippen LogP) is 3.33. The Hall–Kier alpha value is -1.23. The topological polar surface area (TPSA) is 29.3 Å². The van der Waals surface area contributed by atoms with E-state index in [-0.39, 0.29) is 11.9 Å². The SMILES string of the molecule is CC1CN(Cc2ccc(-c3cccc(F)c3)s2)CC1N. The molecule has 2 aromatic rings. The molecule has 0 saturated carbocycles. The van der Waals surface area contributed by atoms with Crippen molar-refractivity contribution in [3.63, 3.8) is 0 Å². The largest absolute Gasteiger partial charge is 0.326 e. The first kappa shape index (κ1) is 13.7. The Kier molecular flexibility index (Phi) is 3.87. The van der Waals surface area contributed by atoms with Crippen LogP contribution in [0.2, 0.25) is 0 Å². The van der Waals surface area contributed by atoms with Gasteiger partial charge in [0.2, 0.25) is 0 Å². The van der Waals surface area contributed by atoms with E-state index in [1.54, 1.807) is 23.5 Å². The van der Waals surface area contributed by atoms with Crippen LogP contribution in [-0.2, 0) is 6.54 Å². The summed E-state index contributed by atoms with van der Waals surface area (Å²) in [6, 6.07) is 11.3. The minimum atomic E-state index is -0.184. The number of likely N-dealkylation sites (tertiary alicyclic amines) is 1. The lowest BCUT2D eigenvalue weighted by Crippen LogP contribution is -2.28. The summed E-state index contributed by atoms with van der Waals surface area (Å²) in [5, 5.41) is 0. The average molecular weight is 290 g/mol. The van der Waals surface area contributed by atoms with Crippen molar-refractivity contribution < 1.29 is 4.39 Å². The van der Waals surface area contributed by atoms with Crippen molar-refractivity contribution in [2.24, 2.45) is 11.7 Å². The summed E-state index contributed by atoms with van der Waals surface area (Å²) in [4.78, 5) is 4.83. The number of hydrogen-bond donors (Lipinski definition) is 1. The van der Waals surface area contributed by atoms with Gasteiger partial charge in [-0.2, -0.15) is 0 Å². The monoisotopic (exact) mass is 290 g/mol. The normalized spacial score (nSPS) is 23.4. The van der Waals surface area contributed by atoms with E-state index in [9.17, 15) is 4.39 Å². The van der Waals surface area contributed by atoms with Crippen LogP contribution in [0.25, 0.3) is 10.4 Å². The maximum absolute atomic E-state index is 13.3. The maximum atomic E-state index is 13.3. The van der Waals surface area contributed by atoms with Crippen molar-refractivity contribution >= 4 is 11.3 Å². The summed E-state index contributed by atoms with van der Waals surface area (Å²) in [5.41, 5.74) is 7.01. The van der Waals surface area contributed by atoms with Gasteiger partial charge in [-0.3, -0.25) is 4.90 Å². The predicted molar refractivity (Wildman–Crippen MR) is 82.1 cm³/mol. The quantitative estimate of drug-likeness (QED) is 0.939. The third-order valence-corrected chi connectivity index (χ3v) is 5.02. The standard InChI is InChI=1S/C16H19FN2S/c1-11-8-19(10-15(11)18)9-14-5-6-16(20-14)12-3-2-4-13(17)7-12/h2-7,11,15H,8-10,18H2,1H3. The molecule has 0 radical (unpaired) electrons. The zero-order chi connectivity index (χ0) is 14.1. The van der Waals surface area contributed by atoms with Crippen LogP contribution < -0.4 is 5.73 Å². The third kappa shape index (κ3) is 2.92. The van der Waals surface area contributed by atoms with Crippen LogP contribution in [0.4, 0.5) is 4.39 Å². The average Bonchev–Trinajstić information content (AvgIpc) is 2.98. The summed E-state index contributed by atoms with van der Waals surface area (Å²) in [6.45, 7) is 5.18. The lowest BCUT2D eigenvalue weighted by molar-refractivity contribution is 0.322. The van der Waals surface area contributed by atoms with Crippen LogP contribution in [0.1, 0.15) is 11.8 Å². The molecule has 1 aromatic heterocycles. The number of benzene rings is 1. The van der Waals surface area contributed by atoms with Crippen molar-refractivity contribution in [2.45, 2.75) is 19.5 Å². The van der Waals surface area contributed by atoms with E-state index in [0.717, 1.165) is 30.1 Å². The molecule has 4 heteroatoms. The van der Waals surface area contributed by atoms with E-state index in [1.807, 2.05) is 6.07 Å². The van der Waals surface area contributed by atoms with Crippen LogP contribution in [0.3, 0.4) is 0 Å². The molecule has 2 atom stereocenters. The van der Waals surface area contributed by atoms with Gasteiger partial charge in [-0.25, -0.2) is 4.39 Å².